The summed E-state index contributed by atoms with van der Waals surface area (Å²) in [5.74, 6) is 2.37. The second-order valence-electron chi connectivity index (χ2n) is 4.89. The van der Waals surface area contributed by atoms with E-state index in [1.807, 2.05) is 4.90 Å². The van der Waals surface area contributed by atoms with Gasteiger partial charge >= 0.3 is 0 Å². The molecule has 2 aliphatic rings. The van der Waals surface area contributed by atoms with Crippen molar-refractivity contribution in [3.63, 3.8) is 0 Å². The molecule has 0 spiro atoms. The van der Waals surface area contributed by atoms with E-state index < -0.39 is 0 Å². The van der Waals surface area contributed by atoms with Crippen LogP contribution in [-0.4, -0.2) is 29.2 Å². The molecule has 2 bridgehead atoms. The largest absolute Gasteiger partial charge is 0.342 e. The van der Waals surface area contributed by atoms with E-state index in [-0.39, 0.29) is 0 Å². The predicted octanol–water partition coefficient (Wildman–Crippen LogP) is 2.67. The van der Waals surface area contributed by atoms with Gasteiger partial charge in [0.05, 0.1) is 0 Å². The van der Waals surface area contributed by atoms with E-state index in [2.05, 4.69) is 22.9 Å². The summed E-state index contributed by atoms with van der Waals surface area (Å²) in [6.07, 6.45) is 5.16. The van der Waals surface area contributed by atoms with Gasteiger partial charge in [-0.2, -0.15) is 0 Å². The van der Waals surface area contributed by atoms with Crippen LogP contribution in [0.2, 0.25) is 0 Å². The molecule has 0 heterocycles. The fraction of sp³-hybridized carbons (Fsp3) is 0.917. The molecule has 0 N–H and O–H groups in total. The van der Waals surface area contributed by atoms with Crippen molar-refractivity contribution in [2.45, 2.75) is 32.6 Å². The van der Waals surface area contributed by atoms with Crippen molar-refractivity contribution >= 4 is 21.8 Å². The highest BCUT2D eigenvalue weighted by atomic mass is 79.9. The van der Waals surface area contributed by atoms with E-state index in [1.54, 1.807) is 0 Å². The fourth-order valence-electron chi connectivity index (χ4n) is 3.31. The number of halogens is 1. The standard InChI is InChI=1S/C12H20BrNO/c1-2-14(6-5-13)12(15)11-8-9-3-4-10(11)7-9/h9-11H,2-8H2,1H3. The van der Waals surface area contributed by atoms with Gasteiger partial charge in [-0.1, -0.05) is 22.4 Å². The molecule has 0 aromatic carbocycles. The Hall–Kier alpha value is -0.0500. The quantitative estimate of drug-likeness (QED) is 0.722. The number of alkyl halides is 1. The van der Waals surface area contributed by atoms with Crippen LogP contribution in [0.25, 0.3) is 0 Å². The zero-order chi connectivity index (χ0) is 10.8. The Kier molecular flexibility index (Phi) is 3.70. The summed E-state index contributed by atoms with van der Waals surface area (Å²) in [6, 6.07) is 0. The number of carbonyl (C=O) groups excluding carboxylic acids is 1. The van der Waals surface area contributed by atoms with E-state index in [0.29, 0.717) is 17.7 Å². The van der Waals surface area contributed by atoms with E-state index in [1.165, 1.54) is 25.7 Å². The van der Waals surface area contributed by atoms with Gasteiger partial charge in [0, 0.05) is 24.3 Å². The molecule has 15 heavy (non-hydrogen) atoms. The monoisotopic (exact) mass is 273 g/mol. The number of hydrogen-bond donors (Lipinski definition) is 0. The van der Waals surface area contributed by atoms with E-state index in [9.17, 15) is 4.79 Å². The zero-order valence-corrected chi connectivity index (χ0v) is 11.0. The topological polar surface area (TPSA) is 20.3 Å². The van der Waals surface area contributed by atoms with Gasteiger partial charge < -0.3 is 4.90 Å². The van der Waals surface area contributed by atoms with Gasteiger partial charge in [-0.15, -0.1) is 0 Å². The molecule has 86 valence electrons. The molecule has 2 aliphatic carbocycles. The predicted molar refractivity (Wildman–Crippen MR) is 65.0 cm³/mol. The lowest BCUT2D eigenvalue weighted by Gasteiger charge is -2.28. The van der Waals surface area contributed by atoms with Crippen LogP contribution in [0.15, 0.2) is 0 Å². The molecule has 3 unspecified atom stereocenters. The summed E-state index contributed by atoms with van der Waals surface area (Å²) >= 11 is 3.41. The lowest BCUT2D eigenvalue weighted by molar-refractivity contribution is -0.136. The SMILES string of the molecule is CCN(CCBr)C(=O)C1CC2CCC1C2. The maximum atomic E-state index is 12.3. The van der Waals surface area contributed by atoms with Crippen LogP contribution < -0.4 is 0 Å². The molecule has 1 amide bonds. The van der Waals surface area contributed by atoms with E-state index in [0.717, 1.165) is 24.3 Å². The van der Waals surface area contributed by atoms with Crippen LogP contribution in [-0.2, 0) is 4.79 Å². The molecule has 0 radical (unpaired) electrons. The highest BCUT2D eigenvalue weighted by Gasteiger charge is 2.43. The maximum Gasteiger partial charge on any atom is 0.225 e. The molecular formula is C12H20BrNO. The lowest BCUT2D eigenvalue weighted by Crippen LogP contribution is -2.39. The third kappa shape index (κ3) is 2.22. The molecule has 2 saturated carbocycles. The minimum atomic E-state index is 0.364. The molecule has 0 aromatic rings. The Morgan fingerprint density at radius 2 is 2.20 bits per heavy atom. The first-order chi connectivity index (χ1) is 7.26. The number of amides is 1. The number of rotatable bonds is 4. The molecule has 3 heteroatoms. The fourth-order valence-corrected chi connectivity index (χ4v) is 3.74. The first-order valence-corrected chi connectivity index (χ1v) is 7.23. The second-order valence-corrected chi connectivity index (χ2v) is 5.68. The van der Waals surface area contributed by atoms with Crippen LogP contribution in [0, 0.1) is 17.8 Å². The molecule has 3 atom stereocenters. The van der Waals surface area contributed by atoms with Crippen molar-refractivity contribution in [1.29, 1.82) is 0 Å². The maximum absolute atomic E-state index is 12.3. The number of hydrogen-bond acceptors (Lipinski definition) is 1. The Labute approximate surface area is 101 Å². The van der Waals surface area contributed by atoms with Crippen molar-refractivity contribution in [3.8, 4) is 0 Å². The average Bonchev–Trinajstić information content (AvgIpc) is 2.86. The van der Waals surface area contributed by atoms with Crippen LogP contribution >= 0.6 is 15.9 Å². The van der Waals surface area contributed by atoms with Gasteiger partial charge in [-0.3, -0.25) is 4.79 Å². The zero-order valence-electron chi connectivity index (χ0n) is 9.42. The highest BCUT2D eigenvalue weighted by molar-refractivity contribution is 9.09. The lowest BCUT2D eigenvalue weighted by atomic mass is 9.88. The number of carbonyl (C=O) groups is 1. The van der Waals surface area contributed by atoms with Gasteiger partial charge in [0.25, 0.3) is 0 Å². The Bertz CT molecular complexity index is 244. The first kappa shape index (κ1) is 11.4. The number of nitrogens with zero attached hydrogens (tertiary/aromatic N) is 1. The molecule has 0 saturated heterocycles. The van der Waals surface area contributed by atoms with Crippen molar-refractivity contribution in [3.05, 3.63) is 0 Å². The van der Waals surface area contributed by atoms with Crippen LogP contribution in [0.5, 0.6) is 0 Å². The Morgan fingerprint density at radius 1 is 1.40 bits per heavy atom. The average molecular weight is 274 g/mol. The summed E-state index contributed by atoms with van der Waals surface area (Å²) in [4.78, 5) is 14.3. The molecule has 2 fully saturated rings. The van der Waals surface area contributed by atoms with E-state index in [4.69, 9.17) is 0 Å². The van der Waals surface area contributed by atoms with Gasteiger partial charge in [-0.25, -0.2) is 0 Å². The smallest absolute Gasteiger partial charge is 0.225 e. The van der Waals surface area contributed by atoms with Gasteiger partial charge in [0.15, 0.2) is 0 Å². The summed E-state index contributed by atoms with van der Waals surface area (Å²) in [5, 5.41) is 0.896. The molecular weight excluding hydrogens is 254 g/mol. The highest BCUT2D eigenvalue weighted by Crippen LogP contribution is 2.48. The van der Waals surface area contributed by atoms with Crippen LogP contribution in [0.3, 0.4) is 0 Å². The van der Waals surface area contributed by atoms with Gasteiger partial charge in [-0.05, 0) is 38.0 Å². The summed E-state index contributed by atoms with van der Waals surface area (Å²) in [6.45, 7) is 3.80. The second kappa shape index (κ2) is 4.86. The van der Waals surface area contributed by atoms with Crippen LogP contribution in [0.1, 0.15) is 32.6 Å². The molecule has 2 nitrogen and oxygen atoms in total. The van der Waals surface area contributed by atoms with Gasteiger partial charge in [0.1, 0.15) is 0 Å². The summed E-state index contributed by atoms with van der Waals surface area (Å²) in [7, 11) is 0. The summed E-state index contributed by atoms with van der Waals surface area (Å²) in [5.41, 5.74) is 0. The molecule has 2 rings (SSSR count). The van der Waals surface area contributed by atoms with Crippen molar-refractivity contribution in [2.24, 2.45) is 17.8 Å². The normalized spacial score (nSPS) is 33.3. The Balaban J connectivity index is 1.95. The Morgan fingerprint density at radius 3 is 2.67 bits per heavy atom. The number of fused-ring (bicyclic) bond motifs is 2. The third-order valence-electron chi connectivity index (χ3n) is 4.10. The van der Waals surface area contributed by atoms with Gasteiger partial charge in [0.2, 0.25) is 5.91 Å². The third-order valence-corrected chi connectivity index (χ3v) is 4.46. The first-order valence-electron chi connectivity index (χ1n) is 6.11. The summed E-state index contributed by atoms with van der Waals surface area (Å²) < 4.78 is 0. The van der Waals surface area contributed by atoms with Crippen molar-refractivity contribution in [1.82, 2.24) is 4.90 Å². The van der Waals surface area contributed by atoms with Crippen molar-refractivity contribution < 1.29 is 4.79 Å². The molecule has 0 aromatic heterocycles. The van der Waals surface area contributed by atoms with Crippen LogP contribution in [0.4, 0.5) is 0 Å². The van der Waals surface area contributed by atoms with Crippen molar-refractivity contribution in [2.75, 3.05) is 18.4 Å². The van der Waals surface area contributed by atoms with E-state index >= 15 is 0 Å². The minimum Gasteiger partial charge on any atom is -0.342 e. The molecule has 0 aliphatic heterocycles. The minimum absolute atomic E-state index is 0.364.